The Morgan fingerprint density at radius 1 is 1.11 bits per heavy atom. The standard InChI is InChI=1S/C21H25ClN2O3/c1-26-18-7-8-19(20(13-18)27-2)21(25)23-17-9-11-24(12-10-17)14-15-3-5-16(22)6-4-15/h3-8,13,17H,9-12,14H2,1-2H3,(H,23,25). The van der Waals surface area contributed by atoms with Crippen LogP contribution in [0.1, 0.15) is 28.8 Å². The van der Waals surface area contributed by atoms with Crippen molar-refractivity contribution in [3.63, 3.8) is 0 Å². The summed E-state index contributed by atoms with van der Waals surface area (Å²) in [6.07, 6.45) is 1.86. The molecule has 1 fully saturated rings. The normalized spacial score (nSPS) is 15.4. The number of hydrogen-bond donors (Lipinski definition) is 1. The van der Waals surface area contributed by atoms with Gasteiger partial charge < -0.3 is 14.8 Å². The summed E-state index contributed by atoms with van der Waals surface area (Å²) in [6, 6.07) is 13.4. The maximum Gasteiger partial charge on any atom is 0.255 e. The minimum atomic E-state index is -0.106. The summed E-state index contributed by atoms with van der Waals surface area (Å²) < 4.78 is 10.5. The van der Waals surface area contributed by atoms with Gasteiger partial charge in [0.15, 0.2) is 0 Å². The Morgan fingerprint density at radius 2 is 1.81 bits per heavy atom. The first-order chi connectivity index (χ1) is 13.1. The van der Waals surface area contributed by atoms with E-state index < -0.39 is 0 Å². The molecule has 1 heterocycles. The molecule has 6 heteroatoms. The Balaban J connectivity index is 1.53. The first kappa shape index (κ1) is 19.5. The smallest absolute Gasteiger partial charge is 0.255 e. The highest BCUT2D eigenvalue weighted by Gasteiger charge is 2.22. The van der Waals surface area contributed by atoms with Crippen LogP contribution in [0.2, 0.25) is 5.02 Å². The molecule has 144 valence electrons. The van der Waals surface area contributed by atoms with E-state index in [1.807, 2.05) is 12.1 Å². The number of methoxy groups -OCH3 is 2. The quantitative estimate of drug-likeness (QED) is 0.818. The minimum absolute atomic E-state index is 0.106. The van der Waals surface area contributed by atoms with Crippen molar-refractivity contribution in [3.8, 4) is 11.5 Å². The van der Waals surface area contributed by atoms with Gasteiger partial charge in [0.1, 0.15) is 11.5 Å². The van der Waals surface area contributed by atoms with Crippen LogP contribution in [-0.2, 0) is 6.54 Å². The molecule has 2 aromatic carbocycles. The van der Waals surface area contributed by atoms with Gasteiger partial charge in [-0.2, -0.15) is 0 Å². The molecule has 3 rings (SSSR count). The summed E-state index contributed by atoms with van der Waals surface area (Å²) in [4.78, 5) is 15.0. The van der Waals surface area contributed by atoms with Gasteiger partial charge in [-0.1, -0.05) is 23.7 Å². The lowest BCUT2D eigenvalue weighted by molar-refractivity contribution is 0.0906. The van der Waals surface area contributed by atoms with E-state index >= 15 is 0 Å². The van der Waals surface area contributed by atoms with Gasteiger partial charge in [-0.3, -0.25) is 9.69 Å². The topological polar surface area (TPSA) is 50.8 Å². The molecule has 1 N–H and O–H groups in total. The lowest BCUT2D eigenvalue weighted by Crippen LogP contribution is -2.44. The molecule has 5 nitrogen and oxygen atoms in total. The van der Waals surface area contributed by atoms with E-state index in [2.05, 4.69) is 22.3 Å². The second kappa shape index (κ2) is 9.11. The predicted octanol–water partition coefficient (Wildman–Crippen LogP) is 3.75. The highest BCUT2D eigenvalue weighted by Crippen LogP contribution is 2.25. The number of amides is 1. The third-order valence-corrected chi connectivity index (χ3v) is 5.15. The lowest BCUT2D eigenvalue weighted by atomic mass is 10.0. The van der Waals surface area contributed by atoms with Crippen LogP contribution >= 0.6 is 11.6 Å². The zero-order valence-electron chi connectivity index (χ0n) is 15.7. The zero-order valence-corrected chi connectivity index (χ0v) is 16.5. The van der Waals surface area contributed by atoms with Crippen molar-refractivity contribution in [1.82, 2.24) is 10.2 Å². The average Bonchev–Trinajstić information content (AvgIpc) is 2.70. The van der Waals surface area contributed by atoms with Crippen LogP contribution in [0.15, 0.2) is 42.5 Å². The Bertz CT molecular complexity index is 771. The average molecular weight is 389 g/mol. The summed E-state index contributed by atoms with van der Waals surface area (Å²) in [5, 5.41) is 3.89. The van der Waals surface area contributed by atoms with Gasteiger partial charge >= 0.3 is 0 Å². The molecule has 0 atom stereocenters. The Hall–Kier alpha value is -2.24. The summed E-state index contributed by atoms with van der Waals surface area (Å²) in [5.41, 5.74) is 1.78. The van der Waals surface area contributed by atoms with E-state index in [4.69, 9.17) is 21.1 Å². The summed E-state index contributed by atoms with van der Waals surface area (Å²) in [6.45, 7) is 2.81. The fourth-order valence-corrected chi connectivity index (χ4v) is 3.46. The van der Waals surface area contributed by atoms with Crippen molar-refractivity contribution in [1.29, 1.82) is 0 Å². The Kier molecular flexibility index (Phi) is 6.58. The van der Waals surface area contributed by atoms with Gasteiger partial charge in [0, 0.05) is 36.8 Å². The van der Waals surface area contributed by atoms with Gasteiger partial charge in [0.25, 0.3) is 5.91 Å². The number of halogens is 1. The van der Waals surface area contributed by atoms with Gasteiger partial charge in [-0.15, -0.1) is 0 Å². The molecule has 1 aliphatic rings. The van der Waals surface area contributed by atoms with Crippen molar-refractivity contribution < 1.29 is 14.3 Å². The number of benzene rings is 2. The third-order valence-electron chi connectivity index (χ3n) is 4.90. The number of piperidine rings is 1. The first-order valence-electron chi connectivity index (χ1n) is 9.08. The highest BCUT2D eigenvalue weighted by molar-refractivity contribution is 6.30. The first-order valence-corrected chi connectivity index (χ1v) is 9.46. The fourth-order valence-electron chi connectivity index (χ4n) is 3.33. The molecule has 27 heavy (non-hydrogen) atoms. The van der Waals surface area contributed by atoms with Crippen LogP contribution in [-0.4, -0.2) is 44.2 Å². The molecule has 0 aromatic heterocycles. The van der Waals surface area contributed by atoms with Crippen LogP contribution in [0.25, 0.3) is 0 Å². The number of ether oxygens (including phenoxy) is 2. The van der Waals surface area contributed by atoms with Crippen LogP contribution in [0, 0.1) is 0 Å². The molecule has 2 aromatic rings. The molecule has 0 saturated carbocycles. The van der Waals surface area contributed by atoms with Gasteiger partial charge in [0.2, 0.25) is 0 Å². The number of carbonyl (C=O) groups is 1. The third kappa shape index (κ3) is 5.15. The lowest BCUT2D eigenvalue weighted by Gasteiger charge is -2.32. The monoisotopic (exact) mass is 388 g/mol. The SMILES string of the molecule is COc1ccc(C(=O)NC2CCN(Cc3ccc(Cl)cc3)CC2)c(OC)c1. The molecular weight excluding hydrogens is 364 g/mol. The molecule has 0 aliphatic carbocycles. The molecule has 0 unspecified atom stereocenters. The minimum Gasteiger partial charge on any atom is -0.497 e. The largest absolute Gasteiger partial charge is 0.497 e. The molecule has 0 bridgehead atoms. The van der Waals surface area contributed by atoms with Crippen LogP contribution in [0.5, 0.6) is 11.5 Å². The predicted molar refractivity (Wildman–Crippen MR) is 107 cm³/mol. The number of nitrogens with zero attached hydrogens (tertiary/aromatic N) is 1. The number of rotatable bonds is 6. The number of hydrogen-bond acceptors (Lipinski definition) is 4. The number of likely N-dealkylation sites (tertiary alicyclic amines) is 1. The second-order valence-electron chi connectivity index (χ2n) is 6.72. The molecule has 0 spiro atoms. The fraction of sp³-hybridized carbons (Fsp3) is 0.381. The summed E-state index contributed by atoms with van der Waals surface area (Å²) in [5.74, 6) is 1.08. The summed E-state index contributed by atoms with van der Waals surface area (Å²) >= 11 is 5.94. The summed E-state index contributed by atoms with van der Waals surface area (Å²) in [7, 11) is 3.15. The Morgan fingerprint density at radius 3 is 2.44 bits per heavy atom. The molecular formula is C21H25ClN2O3. The van der Waals surface area contributed by atoms with Crippen LogP contribution in [0.4, 0.5) is 0 Å². The van der Waals surface area contributed by atoms with Crippen molar-refractivity contribution in [3.05, 3.63) is 58.6 Å². The van der Waals surface area contributed by atoms with Gasteiger partial charge in [-0.25, -0.2) is 0 Å². The maximum atomic E-state index is 12.6. The van der Waals surface area contributed by atoms with Crippen LogP contribution < -0.4 is 14.8 Å². The maximum absolute atomic E-state index is 12.6. The molecule has 1 saturated heterocycles. The molecule has 0 radical (unpaired) electrons. The number of nitrogens with one attached hydrogen (secondary N) is 1. The van der Waals surface area contributed by atoms with E-state index in [-0.39, 0.29) is 11.9 Å². The van der Waals surface area contributed by atoms with E-state index in [9.17, 15) is 4.79 Å². The van der Waals surface area contributed by atoms with Crippen molar-refractivity contribution in [2.75, 3.05) is 27.3 Å². The van der Waals surface area contributed by atoms with Crippen molar-refractivity contribution in [2.24, 2.45) is 0 Å². The van der Waals surface area contributed by atoms with Crippen molar-refractivity contribution >= 4 is 17.5 Å². The van der Waals surface area contributed by atoms with Gasteiger partial charge in [0.05, 0.1) is 19.8 Å². The van der Waals surface area contributed by atoms with E-state index in [1.54, 1.807) is 32.4 Å². The Labute approximate surface area is 165 Å². The number of carbonyl (C=O) groups excluding carboxylic acids is 1. The van der Waals surface area contributed by atoms with E-state index in [1.165, 1.54) is 5.56 Å². The van der Waals surface area contributed by atoms with E-state index in [0.717, 1.165) is 37.5 Å². The molecule has 1 aliphatic heterocycles. The van der Waals surface area contributed by atoms with Crippen molar-refractivity contribution in [2.45, 2.75) is 25.4 Å². The van der Waals surface area contributed by atoms with Crippen LogP contribution in [0.3, 0.4) is 0 Å². The highest BCUT2D eigenvalue weighted by atomic mass is 35.5. The zero-order chi connectivity index (χ0) is 19.2. The van der Waals surface area contributed by atoms with E-state index in [0.29, 0.717) is 17.1 Å². The second-order valence-corrected chi connectivity index (χ2v) is 7.15. The van der Waals surface area contributed by atoms with Gasteiger partial charge in [-0.05, 0) is 42.7 Å². The molecule has 1 amide bonds.